The van der Waals surface area contributed by atoms with Crippen LogP contribution in [0.1, 0.15) is 33.1 Å². The van der Waals surface area contributed by atoms with E-state index in [4.69, 9.17) is 10.6 Å². The van der Waals surface area contributed by atoms with Gasteiger partial charge in [0.1, 0.15) is 0 Å². The minimum Gasteiger partial charge on any atom is -0.463 e. The van der Waals surface area contributed by atoms with Crippen LogP contribution in [0.4, 0.5) is 11.9 Å². The minimum absolute atomic E-state index is 0.295. The van der Waals surface area contributed by atoms with E-state index in [1.165, 1.54) is 0 Å². The molecule has 1 aliphatic rings. The summed E-state index contributed by atoms with van der Waals surface area (Å²) in [5, 5.41) is 3.36. The lowest BCUT2D eigenvalue weighted by molar-refractivity contribution is 0.189. The van der Waals surface area contributed by atoms with Crippen molar-refractivity contribution in [1.82, 2.24) is 19.9 Å². The summed E-state index contributed by atoms with van der Waals surface area (Å²) in [4.78, 5) is 15.0. The third-order valence-electron chi connectivity index (χ3n) is 3.72. The van der Waals surface area contributed by atoms with Crippen LogP contribution in [0.15, 0.2) is 0 Å². The predicted molar refractivity (Wildman–Crippen MR) is 82.2 cm³/mol. The summed E-state index contributed by atoms with van der Waals surface area (Å²) >= 11 is 0. The van der Waals surface area contributed by atoms with Crippen LogP contribution < -0.4 is 21.3 Å². The van der Waals surface area contributed by atoms with Gasteiger partial charge in [0.15, 0.2) is 0 Å². The van der Waals surface area contributed by atoms with Crippen LogP contribution in [-0.4, -0.2) is 52.1 Å². The first-order valence-electron chi connectivity index (χ1n) is 7.44. The van der Waals surface area contributed by atoms with Crippen LogP contribution in [0.25, 0.3) is 0 Å². The lowest BCUT2D eigenvalue weighted by Gasteiger charge is -2.35. The van der Waals surface area contributed by atoms with Gasteiger partial charge in [-0.2, -0.15) is 15.0 Å². The third-order valence-corrected chi connectivity index (χ3v) is 3.72. The molecule has 2 atom stereocenters. The molecule has 21 heavy (non-hydrogen) atoms. The molecule has 0 radical (unpaired) electrons. The number of hydrogen-bond acceptors (Lipinski definition) is 8. The molecule has 2 rings (SSSR count). The number of ether oxygens (including phenoxy) is 1. The summed E-state index contributed by atoms with van der Waals surface area (Å²) in [5.41, 5.74) is 2.45. The first-order chi connectivity index (χ1) is 10.1. The van der Waals surface area contributed by atoms with E-state index < -0.39 is 0 Å². The van der Waals surface area contributed by atoms with Gasteiger partial charge in [-0.1, -0.05) is 6.92 Å². The van der Waals surface area contributed by atoms with Crippen molar-refractivity contribution in [3.63, 3.8) is 0 Å². The summed E-state index contributed by atoms with van der Waals surface area (Å²) in [6, 6.07) is 1.19. The van der Waals surface area contributed by atoms with Gasteiger partial charge in [-0.15, -0.1) is 0 Å². The summed E-state index contributed by atoms with van der Waals surface area (Å²) < 4.78 is 5.46. The van der Waals surface area contributed by atoms with Crippen molar-refractivity contribution in [2.24, 2.45) is 5.84 Å². The van der Waals surface area contributed by atoms with E-state index in [9.17, 15) is 0 Å². The number of nitrogens with zero attached hydrogens (tertiary/aromatic N) is 4. The molecule has 0 saturated carbocycles. The number of nitrogen functional groups attached to an aromatic ring is 1. The van der Waals surface area contributed by atoms with Gasteiger partial charge >= 0.3 is 6.01 Å². The quantitative estimate of drug-likeness (QED) is 0.524. The van der Waals surface area contributed by atoms with E-state index in [0.29, 0.717) is 36.6 Å². The number of rotatable bonds is 6. The number of hydrazine groups is 1. The number of piperidine rings is 1. The summed E-state index contributed by atoms with van der Waals surface area (Å²) in [6.07, 6.45) is 3.01. The summed E-state index contributed by atoms with van der Waals surface area (Å²) in [6.45, 7) is 5.89. The van der Waals surface area contributed by atoms with Crippen molar-refractivity contribution < 1.29 is 4.74 Å². The minimum atomic E-state index is 0.295. The average Bonchev–Trinajstić information content (AvgIpc) is 2.48. The predicted octanol–water partition coefficient (Wildman–Crippen LogP) is 0.841. The molecule has 8 heteroatoms. The first-order valence-corrected chi connectivity index (χ1v) is 7.44. The van der Waals surface area contributed by atoms with Crippen LogP contribution in [0, 0.1) is 0 Å². The van der Waals surface area contributed by atoms with Crippen LogP contribution in [-0.2, 0) is 0 Å². The highest BCUT2D eigenvalue weighted by atomic mass is 16.5. The fraction of sp³-hybridized carbons (Fsp3) is 0.769. The number of likely N-dealkylation sites (tertiary alicyclic amines) is 1. The van der Waals surface area contributed by atoms with E-state index in [2.05, 4.69) is 44.6 Å². The van der Waals surface area contributed by atoms with Gasteiger partial charge in [0.25, 0.3) is 0 Å². The van der Waals surface area contributed by atoms with Crippen LogP contribution in [0.2, 0.25) is 0 Å². The van der Waals surface area contributed by atoms with Crippen LogP contribution >= 0.6 is 0 Å². The molecule has 2 heterocycles. The van der Waals surface area contributed by atoms with E-state index in [-0.39, 0.29) is 0 Å². The Kier molecular flexibility index (Phi) is 5.51. The highest BCUT2D eigenvalue weighted by Crippen LogP contribution is 2.19. The SMILES string of the molecule is CCCOc1nc(NN)nc(NC2CCN(C)C(C)C2)n1. The second-order valence-electron chi connectivity index (χ2n) is 5.45. The van der Waals surface area contributed by atoms with Gasteiger partial charge in [-0.25, -0.2) is 5.84 Å². The Morgan fingerprint density at radius 3 is 2.76 bits per heavy atom. The molecule has 0 aliphatic carbocycles. The maximum absolute atomic E-state index is 5.46. The standard InChI is InChI=1S/C13H25N7O/c1-4-7-21-13-17-11(16-12(18-13)19-14)15-10-5-6-20(3)9(2)8-10/h9-10H,4-8,14H2,1-3H3,(H2,15,16,17,18,19). The summed E-state index contributed by atoms with van der Waals surface area (Å²) in [5.74, 6) is 6.21. The highest BCUT2D eigenvalue weighted by molar-refractivity contribution is 5.35. The Labute approximate surface area is 125 Å². The molecule has 0 aromatic carbocycles. The fourth-order valence-electron chi connectivity index (χ4n) is 2.35. The Morgan fingerprint density at radius 2 is 2.10 bits per heavy atom. The molecule has 0 amide bonds. The molecule has 2 unspecified atom stereocenters. The zero-order valence-corrected chi connectivity index (χ0v) is 13.0. The second kappa shape index (κ2) is 7.37. The van der Waals surface area contributed by atoms with Gasteiger partial charge in [-0.3, -0.25) is 5.43 Å². The van der Waals surface area contributed by atoms with E-state index in [1.807, 2.05) is 6.92 Å². The lowest BCUT2D eigenvalue weighted by atomic mass is 9.99. The fourth-order valence-corrected chi connectivity index (χ4v) is 2.35. The van der Waals surface area contributed by atoms with Crippen molar-refractivity contribution in [2.75, 3.05) is 30.9 Å². The monoisotopic (exact) mass is 295 g/mol. The summed E-state index contributed by atoms with van der Waals surface area (Å²) in [7, 11) is 2.15. The van der Waals surface area contributed by atoms with Crippen molar-refractivity contribution in [2.45, 2.75) is 45.2 Å². The largest absolute Gasteiger partial charge is 0.463 e. The van der Waals surface area contributed by atoms with Gasteiger partial charge < -0.3 is 15.0 Å². The Hall–Kier alpha value is -1.67. The molecule has 0 spiro atoms. The van der Waals surface area contributed by atoms with Crippen LogP contribution in [0.5, 0.6) is 6.01 Å². The molecular formula is C13H25N7O. The Morgan fingerprint density at radius 1 is 1.33 bits per heavy atom. The molecule has 1 aromatic heterocycles. The molecule has 8 nitrogen and oxygen atoms in total. The van der Waals surface area contributed by atoms with Gasteiger partial charge in [-0.05, 0) is 33.2 Å². The number of nitrogens with one attached hydrogen (secondary N) is 2. The maximum Gasteiger partial charge on any atom is 0.323 e. The molecule has 1 saturated heterocycles. The van der Waals surface area contributed by atoms with E-state index in [0.717, 1.165) is 25.8 Å². The molecule has 0 bridgehead atoms. The normalized spacial score (nSPS) is 22.9. The third kappa shape index (κ3) is 4.40. The number of anilines is 2. The van der Waals surface area contributed by atoms with Gasteiger partial charge in [0, 0.05) is 18.6 Å². The highest BCUT2D eigenvalue weighted by Gasteiger charge is 2.23. The molecular weight excluding hydrogens is 270 g/mol. The number of nitrogens with two attached hydrogens (primary N) is 1. The first kappa shape index (κ1) is 15.7. The molecule has 4 N–H and O–H groups in total. The van der Waals surface area contributed by atoms with Gasteiger partial charge in [0.05, 0.1) is 6.61 Å². The molecule has 1 aromatic rings. The van der Waals surface area contributed by atoms with E-state index in [1.54, 1.807) is 0 Å². The number of hydrogen-bond donors (Lipinski definition) is 3. The van der Waals surface area contributed by atoms with Gasteiger partial charge in [0.2, 0.25) is 11.9 Å². The molecule has 1 aliphatic heterocycles. The zero-order valence-electron chi connectivity index (χ0n) is 13.0. The second-order valence-corrected chi connectivity index (χ2v) is 5.45. The Balaban J connectivity index is 2.04. The van der Waals surface area contributed by atoms with E-state index >= 15 is 0 Å². The van der Waals surface area contributed by atoms with Crippen molar-refractivity contribution in [3.8, 4) is 6.01 Å². The maximum atomic E-state index is 5.46. The topological polar surface area (TPSA) is 101 Å². The van der Waals surface area contributed by atoms with Crippen molar-refractivity contribution in [3.05, 3.63) is 0 Å². The molecule has 1 fully saturated rings. The average molecular weight is 295 g/mol. The number of aromatic nitrogens is 3. The Bertz CT molecular complexity index is 456. The lowest BCUT2D eigenvalue weighted by Crippen LogP contribution is -2.42. The van der Waals surface area contributed by atoms with Crippen LogP contribution in [0.3, 0.4) is 0 Å². The van der Waals surface area contributed by atoms with Crippen molar-refractivity contribution >= 4 is 11.9 Å². The smallest absolute Gasteiger partial charge is 0.323 e. The van der Waals surface area contributed by atoms with Crippen molar-refractivity contribution in [1.29, 1.82) is 0 Å². The zero-order chi connectivity index (χ0) is 15.2. The molecule has 118 valence electrons.